The van der Waals surface area contributed by atoms with E-state index in [4.69, 9.17) is 9.84 Å². The molecule has 2 aromatic carbocycles. The van der Waals surface area contributed by atoms with E-state index in [1.807, 2.05) is 30.3 Å². The first-order valence-corrected chi connectivity index (χ1v) is 7.44. The highest BCUT2D eigenvalue weighted by Crippen LogP contribution is 2.27. The van der Waals surface area contributed by atoms with Crippen molar-refractivity contribution in [1.29, 1.82) is 0 Å². The Labute approximate surface area is 134 Å². The monoisotopic (exact) mass is 307 g/mol. The highest BCUT2D eigenvalue weighted by molar-refractivity contribution is 5.92. The minimum atomic E-state index is -1.03. The lowest BCUT2D eigenvalue weighted by molar-refractivity contribution is 0.0690. The summed E-state index contributed by atoms with van der Waals surface area (Å²) < 4.78 is 5.85. The summed E-state index contributed by atoms with van der Waals surface area (Å²) in [4.78, 5) is 14.9. The van der Waals surface area contributed by atoms with Gasteiger partial charge in [0.05, 0.1) is 0 Å². The fraction of sp³-hybridized carbons (Fsp3) is 0.158. The van der Waals surface area contributed by atoms with E-state index in [2.05, 4.69) is 31.0 Å². The summed E-state index contributed by atoms with van der Waals surface area (Å²) in [6.07, 6.45) is 1.55. The quantitative estimate of drug-likeness (QED) is 0.748. The number of pyridine rings is 1. The first-order chi connectivity index (χ1) is 11.0. The van der Waals surface area contributed by atoms with Crippen LogP contribution in [0.2, 0.25) is 0 Å². The highest BCUT2D eigenvalue weighted by Gasteiger charge is 2.07. The van der Waals surface area contributed by atoms with Crippen molar-refractivity contribution in [3.63, 3.8) is 0 Å². The molecule has 0 spiro atoms. The second-order valence-corrected chi connectivity index (χ2v) is 5.71. The number of benzene rings is 2. The molecule has 116 valence electrons. The molecule has 0 aliphatic rings. The van der Waals surface area contributed by atoms with E-state index in [0.717, 1.165) is 16.5 Å². The van der Waals surface area contributed by atoms with E-state index in [0.29, 0.717) is 11.7 Å². The number of hydrogen-bond donors (Lipinski definition) is 1. The Morgan fingerprint density at radius 1 is 1.00 bits per heavy atom. The fourth-order valence-electron chi connectivity index (χ4n) is 2.36. The third kappa shape index (κ3) is 3.31. The van der Waals surface area contributed by atoms with Crippen LogP contribution in [-0.2, 0) is 0 Å². The molecule has 1 N–H and O–H groups in total. The molecular weight excluding hydrogens is 290 g/mol. The van der Waals surface area contributed by atoms with Crippen molar-refractivity contribution in [2.24, 2.45) is 0 Å². The van der Waals surface area contributed by atoms with Crippen LogP contribution in [0.3, 0.4) is 0 Å². The van der Waals surface area contributed by atoms with Gasteiger partial charge in [-0.2, -0.15) is 0 Å². The Morgan fingerprint density at radius 2 is 1.70 bits per heavy atom. The van der Waals surface area contributed by atoms with Crippen LogP contribution in [0.4, 0.5) is 0 Å². The van der Waals surface area contributed by atoms with Crippen LogP contribution < -0.4 is 4.74 Å². The van der Waals surface area contributed by atoms with Crippen LogP contribution in [0, 0.1) is 0 Å². The normalized spacial score (nSPS) is 10.9. The number of aromatic nitrogens is 1. The Balaban J connectivity index is 1.85. The van der Waals surface area contributed by atoms with Gasteiger partial charge in [-0.05, 0) is 47.2 Å². The van der Waals surface area contributed by atoms with Crippen molar-refractivity contribution in [1.82, 2.24) is 4.98 Å². The van der Waals surface area contributed by atoms with Crippen molar-refractivity contribution < 1.29 is 14.6 Å². The number of carbonyl (C=O) groups is 1. The van der Waals surface area contributed by atoms with Gasteiger partial charge in [-0.25, -0.2) is 9.78 Å². The van der Waals surface area contributed by atoms with Gasteiger partial charge in [0.1, 0.15) is 17.2 Å². The van der Waals surface area contributed by atoms with Gasteiger partial charge in [-0.1, -0.05) is 32.0 Å². The van der Waals surface area contributed by atoms with Crippen LogP contribution in [0.25, 0.3) is 10.8 Å². The van der Waals surface area contributed by atoms with E-state index in [-0.39, 0.29) is 5.69 Å². The molecule has 3 rings (SSSR count). The van der Waals surface area contributed by atoms with E-state index in [9.17, 15) is 4.79 Å². The van der Waals surface area contributed by atoms with Gasteiger partial charge in [-0.3, -0.25) is 0 Å². The summed E-state index contributed by atoms with van der Waals surface area (Å²) in [5, 5.41) is 10.6. The predicted molar refractivity (Wildman–Crippen MR) is 89.3 cm³/mol. The van der Waals surface area contributed by atoms with E-state index < -0.39 is 5.97 Å². The van der Waals surface area contributed by atoms with Crippen molar-refractivity contribution in [2.75, 3.05) is 0 Å². The van der Waals surface area contributed by atoms with Crippen molar-refractivity contribution in [3.8, 4) is 11.5 Å². The lowest BCUT2D eigenvalue weighted by atomic mass is 10.0. The molecule has 0 atom stereocenters. The average molecular weight is 307 g/mol. The molecule has 0 saturated heterocycles. The molecule has 1 heterocycles. The van der Waals surface area contributed by atoms with Gasteiger partial charge in [-0.15, -0.1) is 0 Å². The molecule has 0 saturated carbocycles. The summed E-state index contributed by atoms with van der Waals surface area (Å²) in [7, 11) is 0. The second kappa shape index (κ2) is 6.08. The van der Waals surface area contributed by atoms with Gasteiger partial charge in [0.2, 0.25) is 0 Å². The molecule has 0 amide bonds. The number of nitrogens with zero attached hydrogens (tertiary/aromatic N) is 1. The Bertz CT molecular complexity index is 854. The van der Waals surface area contributed by atoms with Crippen LogP contribution in [-0.4, -0.2) is 16.1 Å². The van der Waals surface area contributed by atoms with Gasteiger partial charge >= 0.3 is 5.97 Å². The number of carboxylic acids is 1. The van der Waals surface area contributed by atoms with Crippen LogP contribution in [0.15, 0.2) is 54.7 Å². The van der Waals surface area contributed by atoms with Gasteiger partial charge in [0.15, 0.2) is 0 Å². The predicted octanol–water partition coefficient (Wildman–Crippen LogP) is 4.85. The zero-order valence-electron chi connectivity index (χ0n) is 13.0. The Morgan fingerprint density at radius 3 is 2.35 bits per heavy atom. The van der Waals surface area contributed by atoms with Crippen molar-refractivity contribution in [2.45, 2.75) is 19.8 Å². The highest BCUT2D eigenvalue weighted by atomic mass is 16.5. The summed E-state index contributed by atoms with van der Waals surface area (Å²) in [5.74, 6) is 0.917. The summed E-state index contributed by atoms with van der Waals surface area (Å²) in [6, 6.07) is 15.1. The van der Waals surface area contributed by atoms with E-state index in [1.54, 1.807) is 12.3 Å². The summed E-state index contributed by atoms with van der Waals surface area (Å²) in [5.41, 5.74) is 1.30. The molecule has 3 aromatic rings. The number of hydrogen-bond acceptors (Lipinski definition) is 3. The Hall–Kier alpha value is -2.88. The maximum atomic E-state index is 10.9. The Kier molecular flexibility index (Phi) is 3.98. The first kappa shape index (κ1) is 15.0. The molecule has 0 radical (unpaired) electrons. The number of rotatable bonds is 4. The second-order valence-electron chi connectivity index (χ2n) is 5.71. The molecule has 23 heavy (non-hydrogen) atoms. The smallest absolute Gasteiger partial charge is 0.354 e. The lowest BCUT2D eigenvalue weighted by Gasteiger charge is -2.09. The maximum Gasteiger partial charge on any atom is 0.354 e. The minimum Gasteiger partial charge on any atom is -0.477 e. The van der Waals surface area contributed by atoms with Crippen LogP contribution in [0.5, 0.6) is 11.5 Å². The first-order valence-electron chi connectivity index (χ1n) is 7.44. The zero-order chi connectivity index (χ0) is 16.4. The van der Waals surface area contributed by atoms with E-state index in [1.165, 1.54) is 5.56 Å². The largest absolute Gasteiger partial charge is 0.477 e. The number of fused-ring (bicyclic) bond motifs is 1. The van der Waals surface area contributed by atoms with Crippen LogP contribution >= 0.6 is 0 Å². The molecule has 0 fully saturated rings. The topological polar surface area (TPSA) is 59.4 Å². The molecular formula is C19H17NO3. The molecule has 0 aliphatic carbocycles. The third-order valence-electron chi connectivity index (χ3n) is 3.69. The average Bonchev–Trinajstić information content (AvgIpc) is 2.54. The van der Waals surface area contributed by atoms with E-state index >= 15 is 0 Å². The number of carboxylic acid groups (broad SMARTS) is 1. The molecule has 1 aromatic heterocycles. The number of ether oxygens (including phenoxy) is 1. The zero-order valence-corrected chi connectivity index (χ0v) is 13.0. The third-order valence-corrected chi connectivity index (χ3v) is 3.69. The molecule has 0 unspecified atom stereocenters. The SMILES string of the molecule is CC(C)c1ccc(Oc2ccc3cc(C(=O)O)ncc3c2)cc1. The van der Waals surface area contributed by atoms with Crippen LogP contribution in [0.1, 0.15) is 35.8 Å². The van der Waals surface area contributed by atoms with Gasteiger partial charge < -0.3 is 9.84 Å². The molecule has 0 aliphatic heterocycles. The number of aromatic carboxylic acids is 1. The van der Waals surface area contributed by atoms with Crippen molar-refractivity contribution in [3.05, 3.63) is 66.0 Å². The van der Waals surface area contributed by atoms with Gasteiger partial charge in [0.25, 0.3) is 0 Å². The fourth-order valence-corrected chi connectivity index (χ4v) is 2.36. The molecule has 4 heteroatoms. The summed E-state index contributed by atoms with van der Waals surface area (Å²) in [6.45, 7) is 4.30. The lowest BCUT2D eigenvalue weighted by Crippen LogP contribution is -1.99. The molecule has 0 bridgehead atoms. The van der Waals surface area contributed by atoms with Crippen molar-refractivity contribution >= 4 is 16.7 Å². The molecule has 4 nitrogen and oxygen atoms in total. The summed E-state index contributed by atoms with van der Waals surface area (Å²) >= 11 is 0. The maximum absolute atomic E-state index is 10.9. The minimum absolute atomic E-state index is 0.0374. The standard InChI is InChI=1S/C19H17NO3/c1-12(2)13-3-6-16(7-4-13)23-17-8-5-14-10-18(19(21)22)20-11-15(14)9-17/h3-12H,1-2H3,(H,21,22). The van der Waals surface area contributed by atoms with Gasteiger partial charge in [0, 0.05) is 11.6 Å².